The molecule has 9 heteroatoms. The van der Waals surface area contributed by atoms with Gasteiger partial charge < -0.3 is 25.6 Å². The highest BCUT2D eigenvalue weighted by molar-refractivity contribution is 6.03. The first-order valence-corrected chi connectivity index (χ1v) is 11.9. The van der Waals surface area contributed by atoms with Gasteiger partial charge in [-0.2, -0.15) is 0 Å². The molecule has 0 saturated carbocycles. The average Bonchev–Trinajstić information content (AvgIpc) is 3.05. The van der Waals surface area contributed by atoms with Crippen LogP contribution in [0.1, 0.15) is 39.9 Å². The minimum atomic E-state index is -2.62. The highest BCUT2D eigenvalue weighted by Gasteiger charge is 2.54. The van der Waals surface area contributed by atoms with Crippen LogP contribution in [0.4, 0.5) is 5.69 Å². The fourth-order valence-corrected chi connectivity index (χ4v) is 5.07. The molecule has 184 valence electrons. The van der Waals surface area contributed by atoms with E-state index >= 15 is 0 Å². The summed E-state index contributed by atoms with van der Waals surface area (Å²) in [5.41, 5.74) is 3.46. The zero-order chi connectivity index (χ0) is 24.6. The lowest BCUT2D eigenvalue weighted by Crippen LogP contribution is -2.57. The Balaban J connectivity index is 1.38. The molecule has 3 aliphatic rings. The zero-order valence-corrected chi connectivity index (χ0v) is 19.5. The van der Waals surface area contributed by atoms with Crippen molar-refractivity contribution in [3.05, 3.63) is 77.0 Å². The van der Waals surface area contributed by atoms with Crippen molar-refractivity contribution >= 4 is 17.5 Å². The third-order valence-electron chi connectivity index (χ3n) is 6.90. The maximum absolute atomic E-state index is 13.2. The quantitative estimate of drug-likeness (QED) is 0.465. The van der Waals surface area contributed by atoms with Crippen LogP contribution in [-0.4, -0.2) is 64.2 Å². The van der Waals surface area contributed by atoms with Gasteiger partial charge in [0.05, 0.1) is 24.3 Å². The van der Waals surface area contributed by atoms with Crippen LogP contribution in [0.2, 0.25) is 0 Å². The van der Waals surface area contributed by atoms with Crippen molar-refractivity contribution in [3.8, 4) is 0 Å². The van der Waals surface area contributed by atoms with Gasteiger partial charge in [0.25, 0.3) is 11.8 Å². The molecule has 5 rings (SSSR count). The number of hydrogen-bond acceptors (Lipinski definition) is 7. The van der Waals surface area contributed by atoms with Gasteiger partial charge in [0.2, 0.25) is 5.91 Å². The number of allylic oxidation sites excluding steroid dienone is 1. The first kappa shape index (κ1) is 23.5. The predicted octanol–water partition coefficient (Wildman–Crippen LogP) is 1.47. The molecular weight excluding hydrogens is 448 g/mol. The average molecular weight is 479 g/mol. The molecule has 9 nitrogen and oxygen atoms in total. The van der Waals surface area contributed by atoms with Crippen molar-refractivity contribution in [2.75, 3.05) is 31.6 Å². The maximum atomic E-state index is 13.2. The van der Waals surface area contributed by atoms with Crippen molar-refractivity contribution in [2.45, 2.75) is 37.9 Å². The second-order valence-electron chi connectivity index (χ2n) is 9.20. The topological polar surface area (TPSA) is 114 Å². The summed E-state index contributed by atoms with van der Waals surface area (Å²) in [6.07, 6.45) is 0.725. The molecule has 0 aliphatic carbocycles. The lowest BCUT2D eigenvalue weighted by atomic mass is 10.0. The maximum Gasteiger partial charge on any atom is 0.281 e. The van der Waals surface area contributed by atoms with Gasteiger partial charge in [-0.1, -0.05) is 36.9 Å². The number of ether oxygens (including phenoxy) is 1. The Kier molecular flexibility index (Phi) is 6.33. The fourth-order valence-electron chi connectivity index (χ4n) is 5.07. The molecule has 2 saturated heterocycles. The highest BCUT2D eigenvalue weighted by Crippen LogP contribution is 2.42. The minimum absolute atomic E-state index is 0.0628. The first-order valence-electron chi connectivity index (χ1n) is 11.9. The van der Waals surface area contributed by atoms with Gasteiger partial charge in [0.1, 0.15) is 6.04 Å². The Morgan fingerprint density at radius 2 is 1.83 bits per heavy atom. The van der Waals surface area contributed by atoms with Crippen LogP contribution in [-0.2, 0) is 28.5 Å². The van der Waals surface area contributed by atoms with Gasteiger partial charge in [0.15, 0.2) is 0 Å². The SMILES string of the molecule is C=C1CCC(N2C(=O)c3cccc(NCc4ccccc4CN4CCOCC4)c3C2(O)O)C(=O)N1. The van der Waals surface area contributed by atoms with E-state index in [9.17, 15) is 19.8 Å². The largest absolute Gasteiger partial charge is 0.380 e. The van der Waals surface area contributed by atoms with Crippen LogP contribution < -0.4 is 10.6 Å². The molecule has 0 aromatic heterocycles. The number of anilines is 1. The van der Waals surface area contributed by atoms with E-state index in [2.05, 4.69) is 28.2 Å². The van der Waals surface area contributed by atoms with Crippen molar-refractivity contribution in [3.63, 3.8) is 0 Å². The number of carbonyl (C=O) groups excluding carboxylic acids is 2. The van der Waals surface area contributed by atoms with Crippen LogP contribution >= 0.6 is 0 Å². The second-order valence-corrected chi connectivity index (χ2v) is 9.20. The lowest BCUT2D eigenvalue weighted by Gasteiger charge is -2.37. The summed E-state index contributed by atoms with van der Waals surface area (Å²) in [5.74, 6) is -3.68. The third kappa shape index (κ3) is 4.43. The third-order valence-corrected chi connectivity index (χ3v) is 6.90. The molecule has 35 heavy (non-hydrogen) atoms. The van der Waals surface area contributed by atoms with Crippen molar-refractivity contribution in [2.24, 2.45) is 0 Å². The Morgan fingerprint density at radius 3 is 2.57 bits per heavy atom. The van der Waals surface area contributed by atoms with Gasteiger partial charge in [-0.3, -0.25) is 19.4 Å². The van der Waals surface area contributed by atoms with Crippen molar-refractivity contribution in [1.82, 2.24) is 15.1 Å². The fraction of sp³-hybridized carbons (Fsp3) is 0.385. The standard InChI is InChI=1S/C26H30N4O5/c1-17-9-10-22(24(31)28-17)30-25(32)20-7-4-8-21(23(20)26(30,33)34)27-15-18-5-2-3-6-19(18)16-29-11-13-35-14-12-29/h2-8,22,27,33-34H,1,9-16H2,(H,28,31). The zero-order valence-electron chi connectivity index (χ0n) is 19.5. The number of piperidine rings is 1. The molecule has 1 unspecified atom stereocenters. The molecule has 4 N–H and O–H groups in total. The number of rotatable bonds is 6. The Morgan fingerprint density at radius 1 is 1.09 bits per heavy atom. The number of hydrogen-bond donors (Lipinski definition) is 4. The minimum Gasteiger partial charge on any atom is -0.380 e. The molecule has 2 aromatic rings. The number of aliphatic hydroxyl groups is 2. The van der Waals surface area contributed by atoms with Gasteiger partial charge in [-0.15, -0.1) is 0 Å². The van der Waals surface area contributed by atoms with E-state index in [1.54, 1.807) is 18.2 Å². The Bertz CT molecular complexity index is 1160. The van der Waals surface area contributed by atoms with E-state index in [0.717, 1.165) is 43.3 Å². The van der Waals surface area contributed by atoms with Gasteiger partial charge in [-0.25, -0.2) is 0 Å². The van der Waals surface area contributed by atoms with Gasteiger partial charge >= 0.3 is 0 Å². The molecule has 0 radical (unpaired) electrons. The van der Waals surface area contributed by atoms with Crippen molar-refractivity contribution < 1.29 is 24.5 Å². The lowest BCUT2D eigenvalue weighted by molar-refractivity contribution is -0.258. The first-order chi connectivity index (χ1) is 16.9. The van der Waals surface area contributed by atoms with E-state index in [-0.39, 0.29) is 17.5 Å². The number of fused-ring (bicyclic) bond motifs is 1. The normalized spacial score (nSPS) is 22.2. The highest BCUT2D eigenvalue weighted by atomic mass is 16.5. The summed E-state index contributed by atoms with van der Waals surface area (Å²) in [6.45, 7) is 8.20. The van der Waals surface area contributed by atoms with Crippen molar-refractivity contribution in [1.29, 1.82) is 0 Å². The van der Waals surface area contributed by atoms with Crippen LogP contribution in [0.15, 0.2) is 54.7 Å². The Labute approximate surface area is 204 Å². The molecule has 2 aromatic carbocycles. The monoisotopic (exact) mass is 478 g/mol. The number of amides is 2. The number of nitrogens with one attached hydrogen (secondary N) is 2. The second kappa shape index (κ2) is 9.43. The van der Waals surface area contributed by atoms with Crippen LogP contribution in [0.5, 0.6) is 0 Å². The summed E-state index contributed by atoms with van der Waals surface area (Å²) in [7, 11) is 0. The van der Waals surface area contributed by atoms with E-state index < -0.39 is 23.8 Å². The van der Waals surface area contributed by atoms with Crippen LogP contribution in [0.3, 0.4) is 0 Å². The molecule has 3 aliphatic heterocycles. The molecule has 2 fully saturated rings. The smallest absolute Gasteiger partial charge is 0.281 e. The van der Waals surface area contributed by atoms with E-state index in [0.29, 0.717) is 24.4 Å². The Hall–Kier alpha value is -3.24. The van der Waals surface area contributed by atoms with Gasteiger partial charge in [0, 0.05) is 37.6 Å². The molecule has 0 spiro atoms. The van der Waals surface area contributed by atoms with E-state index in [4.69, 9.17) is 4.74 Å². The summed E-state index contributed by atoms with van der Waals surface area (Å²) >= 11 is 0. The number of nitrogens with zero attached hydrogens (tertiary/aromatic N) is 2. The van der Waals surface area contributed by atoms with Crippen LogP contribution in [0, 0.1) is 0 Å². The van der Waals surface area contributed by atoms with E-state index in [1.165, 1.54) is 5.56 Å². The molecule has 3 heterocycles. The van der Waals surface area contributed by atoms with Crippen LogP contribution in [0.25, 0.3) is 0 Å². The number of carbonyl (C=O) groups is 2. The van der Waals surface area contributed by atoms with E-state index in [1.807, 2.05) is 18.2 Å². The summed E-state index contributed by atoms with van der Waals surface area (Å²) in [5, 5.41) is 28.2. The molecule has 0 bridgehead atoms. The molecule has 1 atom stereocenters. The summed E-state index contributed by atoms with van der Waals surface area (Å²) in [6, 6.07) is 12.1. The molecular formula is C26H30N4O5. The summed E-state index contributed by atoms with van der Waals surface area (Å²) in [4.78, 5) is 29.0. The predicted molar refractivity (Wildman–Crippen MR) is 129 cm³/mol. The summed E-state index contributed by atoms with van der Waals surface area (Å²) < 4.78 is 5.45. The number of morpholine rings is 1. The van der Waals surface area contributed by atoms with Gasteiger partial charge in [-0.05, 0) is 36.1 Å². The number of benzene rings is 2. The molecule has 2 amide bonds.